The molecule has 142 valence electrons. The summed E-state index contributed by atoms with van der Waals surface area (Å²) < 4.78 is 0. The molecule has 1 aliphatic rings. The molecular weight excluding hydrogens is 374 g/mol. The number of benzene rings is 2. The predicted molar refractivity (Wildman–Crippen MR) is 109 cm³/mol. The molecule has 0 aliphatic carbocycles. The second-order valence-corrected chi connectivity index (χ2v) is 7.03. The lowest BCUT2D eigenvalue weighted by molar-refractivity contribution is -0.117. The molecule has 1 N–H and O–H groups in total. The van der Waals surface area contributed by atoms with Gasteiger partial charge in [0, 0.05) is 31.2 Å². The molecule has 1 amide bonds. The Bertz CT molecular complexity index is 947. The van der Waals surface area contributed by atoms with E-state index in [9.17, 15) is 15.3 Å². The maximum Gasteiger partial charge on any atom is 0.238 e. The Morgan fingerprint density at radius 2 is 1.82 bits per heavy atom. The summed E-state index contributed by atoms with van der Waals surface area (Å²) in [7, 11) is 0. The molecule has 0 unspecified atom stereocenters. The largest absolute Gasteiger partial charge is 0.369 e. The first-order valence-corrected chi connectivity index (χ1v) is 9.44. The Morgan fingerprint density at radius 3 is 2.61 bits per heavy atom. The molecular formula is C21H20ClN5O. The number of hydrogen-bond donors (Lipinski definition) is 1. The number of carbonyl (C=O) groups is 1. The van der Waals surface area contributed by atoms with E-state index in [0.29, 0.717) is 28.4 Å². The smallest absolute Gasteiger partial charge is 0.238 e. The predicted octanol–water partition coefficient (Wildman–Crippen LogP) is 3.23. The maximum atomic E-state index is 12.5. The summed E-state index contributed by atoms with van der Waals surface area (Å²) in [6.45, 7) is 3.33. The normalized spacial score (nSPS) is 14.6. The molecule has 6 nitrogen and oxygen atoms in total. The number of rotatable bonds is 4. The average molecular weight is 394 g/mol. The van der Waals surface area contributed by atoms with E-state index in [-0.39, 0.29) is 12.5 Å². The summed E-state index contributed by atoms with van der Waals surface area (Å²) in [5.74, 6) is -0.176. The number of hydrogen-bond acceptors (Lipinski definition) is 5. The number of nitrogens with one attached hydrogen (secondary N) is 1. The highest BCUT2D eigenvalue weighted by atomic mass is 35.5. The molecule has 0 aromatic heterocycles. The van der Waals surface area contributed by atoms with Crippen molar-refractivity contribution < 1.29 is 4.79 Å². The summed E-state index contributed by atoms with van der Waals surface area (Å²) in [4.78, 5) is 16.7. The van der Waals surface area contributed by atoms with Crippen LogP contribution < -0.4 is 10.2 Å². The lowest BCUT2D eigenvalue weighted by Gasteiger charge is -2.24. The van der Waals surface area contributed by atoms with E-state index >= 15 is 0 Å². The van der Waals surface area contributed by atoms with Gasteiger partial charge in [0.05, 0.1) is 29.0 Å². The van der Waals surface area contributed by atoms with Gasteiger partial charge in [-0.25, -0.2) is 0 Å². The highest BCUT2D eigenvalue weighted by molar-refractivity contribution is 6.31. The van der Waals surface area contributed by atoms with E-state index in [1.165, 1.54) is 0 Å². The maximum absolute atomic E-state index is 12.5. The van der Waals surface area contributed by atoms with Gasteiger partial charge in [-0.2, -0.15) is 10.5 Å². The van der Waals surface area contributed by atoms with E-state index in [1.807, 2.05) is 24.3 Å². The third kappa shape index (κ3) is 4.80. The van der Waals surface area contributed by atoms with Gasteiger partial charge in [-0.1, -0.05) is 23.7 Å². The first-order valence-electron chi connectivity index (χ1n) is 9.06. The topological polar surface area (TPSA) is 83.2 Å². The molecule has 1 saturated heterocycles. The Hall–Kier alpha value is -3.06. The van der Waals surface area contributed by atoms with Crippen LogP contribution >= 0.6 is 11.6 Å². The van der Waals surface area contributed by atoms with Gasteiger partial charge >= 0.3 is 0 Å². The minimum Gasteiger partial charge on any atom is -0.369 e. The molecule has 0 radical (unpaired) electrons. The van der Waals surface area contributed by atoms with Crippen LogP contribution in [0.4, 0.5) is 11.4 Å². The van der Waals surface area contributed by atoms with Gasteiger partial charge in [0.25, 0.3) is 0 Å². The summed E-state index contributed by atoms with van der Waals surface area (Å²) in [6.07, 6.45) is 0.896. The van der Waals surface area contributed by atoms with Gasteiger partial charge in [0.2, 0.25) is 5.91 Å². The lowest BCUT2D eigenvalue weighted by atomic mass is 10.1. The van der Waals surface area contributed by atoms with Crippen LogP contribution in [0.25, 0.3) is 0 Å². The van der Waals surface area contributed by atoms with Crippen LogP contribution in [0, 0.1) is 22.7 Å². The van der Waals surface area contributed by atoms with E-state index < -0.39 is 0 Å². The fraction of sp³-hybridized carbons (Fsp3) is 0.286. The molecule has 0 saturated carbocycles. The van der Waals surface area contributed by atoms with Crippen molar-refractivity contribution in [2.45, 2.75) is 6.42 Å². The van der Waals surface area contributed by atoms with Gasteiger partial charge in [-0.3, -0.25) is 9.69 Å². The third-order valence-corrected chi connectivity index (χ3v) is 4.93. The van der Waals surface area contributed by atoms with Crippen LogP contribution in [0.3, 0.4) is 0 Å². The summed E-state index contributed by atoms with van der Waals surface area (Å²) in [5.41, 5.74) is 2.42. The molecule has 7 heteroatoms. The number of carbonyl (C=O) groups excluding carboxylic acids is 1. The van der Waals surface area contributed by atoms with Crippen molar-refractivity contribution in [2.75, 3.05) is 42.9 Å². The van der Waals surface area contributed by atoms with Gasteiger partial charge < -0.3 is 10.2 Å². The number of halogens is 1. The highest BCUT2D eigenvalue weighted by Gasteiger charge is 2.19. The second-order valence-electron chi connectivity index (χ2n) is 6.60. The lowest BCUT2D eigenvalue weighted by Crippen LogP contribution is -2.36. The third-order valence-electron chi connectivity index (χ3n) is 4.70. The number of para-hydroxylation sites is 1. The van der Waals surface area contributed by atoms with Crippen molar-refractivity contribution in [1.82, 2.24) is 4.90 Å². The van der Waals surface area contributed by atoms with Crippen molar-refractivity contribution in [2.24, 2.45) is 0 Å². The van der Waals surface area contributed by atoms with E-state index in [4.69, 9.17) is 11.6 Å². The molecule has 0 atom stereocenters. The highest BCUT2D eigenvalue weighted by Crippen LogP contribution is 2.22. The zero-order valence-electron chi connectivity index (χ0n) is 15.4. The van der Waals surface area contributed by atoms with Gasteiger partial charge in [0.15, 0.2) is 0 Å². The Kier molecular flexibility index (Phi) is 6.49. The summed E-state index contributed by atoms with van der Waals surface area (Å²) in [5, 5.41) is 21.8. The fourth-order valence-corrected chi connectivity index (χ4v) is 3.50. The Labute approximate surface area is 169 Å². The molecule has 0 spiro atoms. The minimum absolute atomic E-state index is 0.176. The first kappa shape index (κ1) is 19.7. The Balaban J connectivity index is 1.61. The van der Waals surface area contributed by atoms with Crippen LogP contribution in [-0.4, -0.2) is 43.5 Å². The van der Waals surface area contributed by atoms with Crippen LogP contribution in [0.2, 0.25) is 5.02 Å². The van der Waals surface area contributed by atoms with Crippen LogP contribution in [0.1, 0.15) is 17.5 Å². The van der Waals surface area contributed by atoms with Crippen molar-refractivity contribution in [3.8, 4) is 12.1 Å². The number of amides is 1. The van der Waals surface area contributed by atoms with E-state index in [1.54, 1.807) is 18.2 Å². The van der Waals surface area contributed by atoms with Gasteiger partial charge in [0.1, 0.15) is 12.1 Å². The SMILES string of the molecule is N#Cc1ccc(Cl)cc1NC(=O)CN1CCCN(c2ccccc2C#N)CC1. The van der Waals surface area contributed by atoms with Crippen molar-refractivity contribution >= 4 is 28.9 Å². The van der Waals surface area contributed by atoms with E-state index in [2.05, 4.69) is 27.3 Å². The van der Waals surface area contributed by atoms with Crippen molar-refractivity contribution in [3.05, 3.63) is 58.6 Å². The van der Waals surface area contributed by atoms with Crippen LogP contribution in [0.15, 0.2) is 42.5 Å². The molecule has 0 bridgehead atoms. The van der Waals surface area contributed by atoms with Gasteiger partial charge in [-0.05, 0) is 36.8 Å². The zero-order valence-corrected chi connectivity index (χ0v) is 16.1. The van der Waals surface area contributed by atoms with Crippen LogP contribution in [-0.2, 0) is 4.79 Å². The first-order chi connectivity index (χ1) is 13.6. The van der Waals surface area contributed by atoms with Gasteiger partial charge in [-0.15, -0.1) is 0 Å². The number of nitriles is 2. The molecule has 28 heavy (non-hydrogen) atoms. The molecule has 1 fully saturated rings. The molecule has 2 aromatic rings. The fourth-order valence-electron chi connectivity index (χ4n) is 3.32. The minimum atomic E-state index is -0.176. The summed E-state index contributed by atoms with van der Waals surface area (Å²) in [6, 6.07) is 16.7. The molecule has 1 aliphatic heterocycles. The Morgan fingerprint density at radius 1 is 1.04 bits per heavy atom. The van der Waals surface area contributed by atoms with Crippen molar-refractivity contribution in [3.63, 3.8) is 0 Å². The monoisotopic (exact) mass is 393 g/mol. The second kappa shape index (κ2) is 9.23. The molecule has 2 aromatic carbocycles. The summed E-state index contributed by atoms with van der Waals surface area (Å²) >= 11 is 5.97. The molecule has 1 heterocycles. The standard InChI is InChI=1S/C21H20ClN5O/c22-18-7-6-16(13-23)19(12-18)25-21(28)15-26-8-3-9-27(11-10-26)20-5-2-1-4-17(20)14-24/h1-2,4-7,12H,3,8-11,15H2,(H,25,28). The van der Waals surface area contributed by atoms with E-state index in [0.717, 1.165) is 31.7 Å². The average Bonchev–Trinajstić information content (AvgIpc) is 2.93. The molecule has 3 rings (SSSR count). The number of nitrogens with zero attached hydrogens (tertiary/aromatic N) is 4. The number of anilines is 2. The quantitative estimate of drug-likeness (QED) is 0.862. The van der Waals surface area contributed by atoms with Crippen LogP contribution in [0.5, 0.6) is 0 Å². The zero-order chi connectivity index (χ0) is 19.9. The van der Waals surface area contributed by atoms with Crippen molar-refractivity contribution in [1.29, 1.82) is 10.5 Å².